The molecular weight excluding hydrogens is 302 g/mol. The van der Waals surface area contributed by atoms with Crippen LogP contribution in [0.15, 0.2) is 39.9 Å². The Morgan fingerprint density at radius 3 is 2.87 bits per heavy atom. The minimum absolute atomic E-state index is 0.0150. The Bertz CT molecular complexity index is 847. The fourth-order valence-electron chi connectivity index (χ4n) is 1.94. The first-order valence-corrected chi connectivity index (χ1v) is 6.75. The number of aromatic nitrogens is 3. The molecule has 0 aliphatic heterocycles. The summed E-state index contributed by atoms with van der Waals surface area (Å²) in [5.41, 5.74) is 6.13. The van der Waals surface area contributed by atoms with Gasteiger partial charge in [-0.1, -0.05) is 0 Å². The summed E-state index contributed by atoms with van der Waals surface area (Å²) >= 11 is 0. The van der Waals surface area contributed by atoms with Gasteiger partial charge in [0.05, 0.1) is 17.5 Å². The van der Waals surface area contributed by atoms with Crippen LogP contribution in [0, 0.1) is 0 Å². The van der Waals surface area contributed by atoms with Crippen molar-refractivity contribution in [3.05, 3.63) is 42.4 Å². The van der Waals surface area contributed by atoms with Crippen molar-refractivity contribution in [2.24, 2.45) is 5.73 Å². The molecule has 0 saturated carbocycles. The van der Waals surface area contributed by atoms with Gasteiger partial charge in [-0.05, 0) is 13.0 Å². The summed E-state index contributed by atoms with van der Waals surface area (Å²) in [6.07, 6.45) is 5.66. The van der Waals surface area contributed by atoms with E-state index in [4.69, 9.17) is 14.6 Å². The van der Waals surface area contributed by atoms with Crippen molar-refractivity contribution in [2.75, 3.05) is 5.32 Å². The van der Waals surface area contributed by atoms with Gasteiger partial charge >= 0.3 is 0 Å². The van der Waals surface area contributed by atoms with Crippen LogP contribution in [0.4, 0.5) is 5.69 Å². The molecule has 0 unspecified atom stereocenters. The van der Waals surface area contributed by atoms with E-state index >= 15 is 0 Å². The van der Waals surface area contributed by atoms with E-state index in [-0.39, 0.29) is 23.0 Å². The first-order valence-electron chi connectivity index (χ1n) is 6.75. The minimum Gasteiger partial charge on any atom is -0.472 e. The van der Waals surface area contributed by atoms with E-state index in [9.17, 15) is 9.59 Å². The number of carbonyl (C=O) groups excluding carboxylic acids is 2. The maximum absolute atomic E-state index is 12.2. The van der Waals surface area contributed by atoms with Crippen LogP contribution >= 0.6 is 0 Å². The van der Waals surface area contributed by atoms with Crippen LogP contribution in [-0.2, 0) is 6.54 Å². The zero-order valence-corrected chi connectivity index (χ0v) is 12.1. The van der Waals surface area contributed by atoms with Crippen LogP contribution < -0.4 is 11.1 Å². The van der Waals surface area contributed by atoms with Crippen molar-refractivity contribution in [1.82, 2.24) is 14.8 Å². The maximum atomic E-state index is 12.2. The highest BCUT2D eigenvalue weighted by atomic mass is 16.3. The number of hydrogen-bond acceptors (Lipinski definition) is 6. The smallest absolute Gasteiger partial charge is 0.277 e. The molecule has 23 heavy (non-hydrogen) atoms. The second-order valence-corrected chi connectivity index (χ2v) is 4.62. The molecule has 9 heteroatoms. The molecule has 3 aromatic heterocycles. The molecule has 3 rings (SSSR count). The number of furan rings is 1. The second kappa shape index (κ2) is 5.79. The highest BCUT2D eigenvalue weighted by Gasteiger charge is 2.19. The average molecular weight is 315 g/mol. The van der Waals surface area contributed by atoms with Gasteiger partial charge in [0.25, 0.3) is 11.8 Å². The van der Waals surface area contributed by atoms with Gasteiger partial charge in [-0.3, -0.25) is 14.3 Å². The maximum Gasteiger partial charge on any atom is 0.277 e. The topological polar surface area (TPSA) is 129 Å². The lowest BCUT2D eigenvalue weighted by atomic mass is 10.3. The number of rotatable bonds is 5. The lowest BCUT2D eigenvalue weighted by molar-refractivity contribution is 0.0995. The van der Waals surface area contributed by atoms with E-state index in [0.29, 0.717) is 12.1 Å². The molecule has 0 aliphatic rings. The molecule has 0 saturated heterocycles. The molecule has 0 atom stereocenters. The number of nitrogens with one attached hydrogen (secondary N) is 1. The Balaban J connectivity index is 1.82. The van der Waals surface area contributed by atoms with Crippen LogP contribution in [0.5, 0.6) is 0 Å². The molecule has 0 fully saturated rings. The highest BCUT2D eigenvalue weighted by molar-refractivity contribution is 6.07. The molecule has 3 aromatic rings. The minimum atomic E-state index is -0.730. The number of hydrogen-bond donors (Lipinski definition) is 2. The number of oxazole rings is 1. The Morgan fingerprint density at radius 1 is 1.39 bits per heavy atom. The Kier molecular flexibility index (Phi) is 3.67. The summed E-state index contributed by atoms with van der Waals surface area (Å²) in [5.74, 6) is -1.02. The molecule has 2 amide bonds. The predicted octanol–water partition coefficient (Wildman–Crippen LogP) is 1.50. The third-order valence-electron chi connectivity index (χ3n) is 3.07. The number of nitrogens with two attached hydrogens (primary N) is 1. The van der Waals surface area contributed by atoms with Crippen molar-refractivity contribution in [1.29, 1.82) is 0 Å². The number of carbonyl (C=O) groups is 2. The van der Waals surface area contributed by atoms with E-state index in [2.05, 4.69) is 15.4 Å². The molecule has 0 aliphatic carbocycles. The Hall–Kier alpha value is -3.36. The SMILES string of the molecule is CCn1cc(NC(=O)c2coc(-c3ccoc3)n2)c(C(N)=O)n1. The van der Waals surface area contributed by atoms with Crippen LogP contribution in [-0.4, -0.2) is 26.6 Å². The van der Waals surface area contributed by atoms with Gasteiger partial charge < -0.3 is 19.9 Å². The third kappa shape index (κ3) is 2.84. The lowest BCUT2D eigenvalue weighted by Gasteiger charge is -2.00. The molecule has 9 nitrogen and oxygen atoms in total. The first-order chi connectivity index (χ1) is 11.1. The number of primary amides is 1. The van der Waals surface area contributed by atoms with Gasteiger partial charge in [-0.15, -0.1) is 0 Å². The molecule has 0 spiro atoms. The molecule has 3 N–H and O–H groups in total. The molecule has 0 bridgehead atoms. The van der Waals surface area contributed by atoms with Gasteiger partial charge in [0.2, 0.25) is 5.89 Å². The largest absolute Gasteiger partial charge is 0.472 e. The van der Waals surface area contributed by atoms with E-state index in [1.165, 1.54) is 29.7 Å². The van der Waals surface area contributed by atoms with Gasteiger partial charge in [-0.2, -0.15) is 5.10 Å². The van der Waals surface area contributed by atoms with Gasteiger partial charge in [0.15, 0.2) is 11.4 Å². The number of amides is 2. The van der Waals surface area contributed by atoms with Crippen molar-refractivity contribution in [3.63, 3.8) is 0 Å². The van der Waals surface area contributed by atoms with Crippen LogP contribution in [0.2, 0.25) is 0 Å². The summed E-state index contributed by atoms with van der Waals surface area (Å²) in [5, 5.41) is 6.54. The molecule has 0 radical (unpaired) electrons. The summed E-state index contributed by atoms with van der Waals surface area (Å²) in [6, 6.07) is 1.66. The second-order valence-electron chi connectivity index (χ2n) is 4.62. The van der Waals surface area contributed by atoms with Crippen LogP contribution in [0.1, 0.15) is 27.9 Å². The van der Waals surface area contributed by atoms with E-state index in [1.807, 2.05) is 6.92 Å². The Labute approximate surface area is 130 Å². The molecule has 0 aromatic carbocycles. The quantitative estimate of drug-likeness (QED) is 0.734. The number of anilines is 1. The van der Waals surface area contributed by atoms with Crippen LogP contribution in [0.3, 0.4) is 0 Å². The normalized spacial score (nSPS) is 10.7. The zero-order chi connectivity index (χ0) is 16.4. The Morgan fingerprint density at radius 2 is 2.22 bits per heavy atom. The fourth-order valence-corrected chi connectivity index (χ4v) is 1.94. The summed E-state index contributed by atoms with van der Waals surface area (Å²) in [6.45, 7) is 2.38. The summed E-state index contributed by atoms with van der Waals surface area (Å²) < 4.78 is 11.7. The lowest BCUT2D eigenvalue weighted by Crippen LogP contribution is -2.18. The third-order valence-corrected chi connectivity index (χ3v) is 3.07. The summed E-state index contributed by atoms with van der Waals surface area (Å²) in [4.78, 5) is 27.7. The molecule has 118 valence electrons. The summed E-state index contributed by atoms with van der Waals surface area (Å²) in [7, 11) is 0. The zero-order valence-electron chi connectivity index (χ0n) is 12.1. The van der Waals surface area contributed by atoms with Crippen LogP contribution in [0.25, 0.3) is 11.5 Å². The molecule has 3 heterocycles. The van der Waals surface area contributed by atoms with Crippen molar-refractivity contribution >= 4 is 17.5 Å². The fraction of sp³-hybridized carbons (Fsp3) is 0.143. The van der Waals surface area contributed by atoms with Gasteiger partial charge in [0.1, 0.15) is 12.5 Å². The van der Waals surface area contributed by atoms with E-state index in [1.54, 1.807) is 6.07 Å². The highest BCUT2D eigenvalue weighted by Crippen LogP contribution is 2.20. The van der Waals surface area contributed by atoms with Gasteiger partial charge in [-0.25, -0.2) is 4.98 Å². The standard InChI is InChI=1S/C14H13N5O4/c1-2-19-5-9(11(18-19)12(15)20)16-13(21)10-7-23-14(17-10)8-3-4-22-6-8/h3-7H,2H2,1H3,(H2,15,20)(H,16,21). The van der Waals surface area contributed by atoms with Crippen molar-refractivity contribution in [3.8, 4) is 11.5 Å². The van der Waals surface area contributed by atoms with Gasteiger partial charge in [0, 0.05) is 12.7 Å². The van der Waals surface area contributed by atoms with Crippen molar-refractivity contribution in [2.45, 2.75) is 13.5 Å². The number of aryl methyl sites for hydroxylation is 1. The predicted molar refractivity (Wildman–Crippen MR) is 78.6 cm³/mol. The average Bonchev–Trinajstić information content (AvgIpc) is 3.26. The monoisotopic (exact) mass is 315 g/mol. The van der Waals surface area contributed by atoms with E-state index < -0.39 is 11.8 Å². The molecular formula is C14H13N5O4. The van der Waals surface area contributed by atoms with Crippen molar-refractivity contribution < 1.29 is 18.4 Å². The van der Waals surface area contributed by atoms with E-state index in [0.717, 1.165) is 0 Å². The number of nitrogens with zero attached hydrogens (tertiary/aromatic N) is 3. The first kappa shape index (κ1) is 14.6.